The van der Waals surface area contributed by atoms with Gasteiger partial charge in [-0.1, -0.05) is 0 Å². The van der Waals surface area contributed by atoms with Gasteiger partial charge in [0, 0.05) is 14.2 Å². The highest BCUT2D eigenvalue weighted by molar-refractivity contribution is 5.97. The summed E-state index contributed by atoms with van der Waals surface area (Å²) in [4.78, 5) is 50.1. The summed E-state index contributed by atoms with van der Waals surface area (Å²) in [6.07, 6.45) is -2.35. The van der Waals surface area contributed by atoms with E-state index in [0.717, 1.165) is 9.13 Å². The highest BCUT2D eigenvalue weighted by atomic mass is 16.5. The Kier molecular flexibility index (Phi) is 4.59. The van der Waals surface area contributed by atoms with E-state index < -0.39 is 47.9 Å². The van der Waals surface area contributed by atoms with Gasteiger partial charge >= 0.3 is 0 Å². The molecule has 10 nitrogen and oxygen atoms in total. The lowest BCUT2D eigenvalue weighted by atomic mass is 10.1. The Morgan fingerprint density at radius 2 is 1.00 bits per heavy atom. The van der Waals surface area contributed by atoms with E-state index in [9.17, 15) is 29.4 Å². The Balaban J connectivity index is 2.42. The summed E-state index contributed by atoms with van der Waals surface area (Å²) in [5, 5.41) is 18.3. The lowest BCUT2D eigenvalue weighted by Crippen LogP contribution is -2.33. The first-order valence-electron chi connectivity index (χ1n) is 7.62. The van der Waals surface area contributed by atoms with Crippen molar-refractivity contribution in [2.24, 2.45) is 0 Å². The van der Waals surface area contributed by atoms with Crippen LogP contribution in [0.5, 0.6) is 0 Å². The van der Waals surface area contributed by atoms with E-state index in [0.29, 0.717) is 0 Å². The number of aliphatic hydroxyl groups is 2. The molecule has 0 saturated carbocycles. The Morgan fingerprint density at radius 1 is 0.731 bits per heavy atom. The van der Waals surface area contributed by atoms with E-state index in [1.807, 2.05) is 0 Å². The fraction of sp³-hybridized carbons (Fsp3) is 0.375. The lowest BCUT2D eigenvalue weighted by molar-refractivity contribution is -0.00595. The molecule has 2 unspecified atom stereocenters. The maximum absolute atomic E-state index is 12.5. The lowest BCUT2D eigenvalue weighted by Gasteiger charge is -2.11. The van der Waals surface area contributed by atoms with Gasteiger partial charge in [0.15, 0.2) is 12.5 Å². The van der Waals surface area contributed by atoms with Gasteiger partial charge in [0.25, 0.3) is 22.2 Å². The predicted octanol–water partition coefficient (Wildman–Crippen LogP) is -1.81. The standard InChI is InChI=1S/C16H16N2O8/c1-25-11(5-19)17-13(21)7-3-9-10(4-8(7)14(17)22)16(24)18(15(9)23)12(6-20)26-2/h3-4,11-12,19-20H,5-6H2,1-2H3. The molecule has 0 radical (unpaired) electrons. The second-order valence-electron chi connectivity index (χ2n) is 5.65. The number of benzene rings is 1. The summed E-state index contributed by atoms with van der Waals surface area (Å²) in [6.45, 7) is -1.20. The summed E-state index contributed by atoms with van der Waals surface area (Å²) >= 11 is 0. The Morgan fingerprint density at radius 3 is 1.19 bits per heavy atom. The number of hydrogen-bond donors (Lipinski definition) is 2. The molecule has 0 aliphatic heterocycles. The molecule has 0 saturated heterocycles. The van der Waals surface area contributed by atoms with Crippen molar-refractivity contribution >= 4 is 21.5 Å². The molecule has 3 aromatic rings. The summed E-state index contributed by atoms with van der Waals surface area (Å²) < 4.78 is 11.3. The van der Waals surface area contributed by atoms with Crippen LogP contribution in [0.4, 0.5) is 0 Å². The third kappa shape index (κ3) is 2.35. The molecule has 2 aromatic heterocycles. The number of aromatic nitrogens is 2. The van der Waals surface area contributed by atoms with Crippen molar-refractivity contribution in [3.8, 4) is 0 Å². The molecule has 2 heterocycles. The number of rotatable bonds is 6. The molecule has 0 spiro atoms. The van der Waals surface area contributed by atoms with E-state index in [2.05, 4.69) is 0 Å². The van der Waals surface area contributed by atoms with Crippen molar-refractivity contribution in [2.45, 2.75) is 12.5 Å². The number of aliphatic hydroxyl groups excluding tert-OH is 2. The van der Waals surface area contributed by atoms with E-state index >= 15 is 0 Å². The van der Waals surface area contributed by atoms with Crippen molar-refractivity contribution in [3.63, 3.8) is 0 Å². The maximum atomic E-state index is 12.5. The average molecular weight is 364 g/mol. The molecular formula is C16H16N2O8. The zero-order valence-electron chi connectivity index (χ0n) is 14.0. The van der Waals surface area contributed by atoms with Gasteiger partial charge in [-0.3, -0.25) is 19.2 Å². The molecule has 10 heteroatoms. The van der Waals surface area contributed by atoms with Crippen molar-refractivity contribution in [2.75, 3.05) is 27.4 Å². The van der Waals surface area contributed by atoms with Crippen LogP contribution in [0.15, 0.2) is 31.3 Å². The minimum atomic E-state index is -1.17. The number of nitrogens with zero attached hydrogens (tertiary/aromatic N) is 2. The van der Waals surface area contributed by atoms with Crippen LogP contribution in [0.2, 0.25) is 0 Å². The van der Waals surface area contributed by atoms with Gasteiger partial charge in [0.1, 0.15) is 0 Å². The quantitative estimate of drug-likeness (QED) is 0.522. The highest BCUT2D eigenvalue weighted by Gasteiger charge is 2.24. The van der Waals surface area contributed by atoms with Crippen LogP contribution >= 0.6 is 0 Å². The number of ether oxygens (including phenoxy) is 2. The molecule has 1 aromatic carbocycles. The smallest absolute Gasteiger partial charge is 0.263 e. The molecule has 26 heavy (non-hydrogen) atoms. The largest absolute Gasteiger partial charge is 0.392 e. The van der Waals surface area contributed by atoms with Gasteiger partial charge in [-0.25, -0.2) is 9.13 Å². The maximum Gasteiger partial charge on any atom is 0.263 e. The van der Waals surface area contributed by atoms with Crippen molar-refractivity contribution in [1.29, 1.82) is 0 Å². The van der Waals surface area contributed by atoms with Crippen LogP contribution in [-0.2, 0) is 9.47 Å². The Hall–Kier alpha value is -2.66. The van der Waals surface area contributed by atoms with Crippen molar-refractivity contribution < 1.29 is 19.7 Å². The molecular weight excluding hydrogens is 348 g/mol. The zero-order valence-corrected chi connectivity index (χ0v) is 14.0. The van der Waals surface area contributed by atoms with E-state index in [1.165, 1.54) is 26.4 Å². The molecule has 2 atom stereocenters. The number of methoxy groups -OCH3 is 2. The third-order valence-electron chi connectivity index (χ3n) is 4.39. The molecule has 138 valence electrons. The first-order chi connectivity index (χ1) is 12.4. The van der Waals surface area contributed by atoms with Crippen LogP contribution < -0.4 is 22.2 Å². The van der Waals surface area contributed by atoms with Crippen LogP contribution in [0.25, 0.3) is 21.5 Å². The summed E-state index contributed by atoms with van der Waals surface area (Å²) in [5.41, 5.74) is -2.95. The van der Waals surface area contributed by atoms with Crippen LogP contribution in [0.3, 0.4) is 0 Å². The van der Waals surface area contributed by atoms with Gasteiger partial charge < -0.3 is 19.7 Å². The van der Waals surface area contributed by atoms with Gasteiger partial charge in [-0.05, 0) is 12.1 Å². The van der Waals surface area contributed by atoms with Crippen molar-refractivity contribution in [3.05, 3.63) is 53.5 Å². The van der Waals surface area contributed by atoms with Gasteiger partial charge in [0.2, 0.25) is 0 Å². The molecule has 3 rings (SSSR count). The minimum absolute atomic E-state index is 0.0646. The van der Waals surface area contributed by atoms with E-state index in [1.54, 1.807) is 0 Å². The summed E-state index contributed by atoms with van der Waals surface area (Å²) in [7, 11) is 2.46. The first-order valence-corrected chi connectivity index (χ1v) is 7.62. The fourth-order valence-electron chi connectivity index (χ4n) is 3.06. The van der Waals surface area contributed by atoms with Gasteiger partial charge in [-0.2, -0.15) is 0 Å². The van der Waals surface area contributed by atoms with Crippen LogP contribution in [0, 0.1) is 0 Å². The van der Waals surface area contributed by atoms with Crippen molar-refractivity contribution in [1.82, 2.24) is 9.13 Å². The monoisotopic (exact) mass is 364 g/mol. The topological polar surface area (TPSA) is 137 Å². The summed E-state index contributed by atoms with van der Waals surface area (Å²) in [5.74, 6) is 0. The Bertz CT molecular complexity index is 1000. The molecule has 0 amide bonds. The predicted molar refractivity (Wildman–Crippen MR) is 91.1 cm³/mol. The van der Waals surface area contributed by atoms with E-state index in [4.69, 9.17) is 9.47 Å². The number of fused-ring (bicyclic) bond motifs is 2. The van der Waals surface area contributed by atoms with Crippen LogP contribution in [-0.4, -0.2) is 46.8 Å². The SMILES string of the molecule is COC(CO)n1c(=O)c2cc3c(=O)n(C(CO)OC)c(=O)c3cc2c1=O. The molecule has 0 aliphatic carbocycles. The first kappa shape index (κ1) is 18.1. The third-order valence-corrected chi connectivity index (χ3v) is 4.39. The van der Waals surface area contributed by atoms with Crippen LogP contribution in [0.1, 0.15) is 12.5 Å². The van der Waals surface area contributed by atoms with E-state index in [-0.39, 0.29) is 21.5 Å². The highest BCUT2D eigenvalue weighted by Crippen LogP contribution is 2.17. The average Bonchev–Trinajstić information content (AvgIpc) is 3.03. The zero-order chi connectivity index (χ0) is 19.2. The Labute approximate surface area is 144 Å². The second kappa shape index (κ2) is 6.57. The van der Waals surface area contributed by atoms with Gasteiger partial charge in [-0.15, -0.1) is 0 Å². The molecule has 0 aliphatic rings. The van der Waals surface area contributed by atoms with Gasteiger partial charge in [0.05, 0.1) is 34.8 Å². The second-order valence-corrected chi connectivity index (χ2v) is 5.65. The molecule has 0 fully saturated rings. The minimum Gasteiger partial charge on any atom is -0.392 e. The fourth-order valence-corrected chi connectivity index (χ4v) is 3.06. The normalized spacial score (nSPS) is 14.3. The molecule has 0 bridgehead atoms. The number of hydrogen-bond acceptors (Lipinski definition) is 8. The molecule has 2 N–H and O–H groups in total. The summed E-state index contributed by atoms with van der Waals surface area (Å²) in [6, 6.07) is 2.33.